The highest BCUT2D eigenvalue weighted by Gasteiger charge is 2.08. The molecule has 0 unspecified atom stereocenters. The third-order valence-corrected chi connectivity index (χ3v) is 3.86. The zero-order chi connectivity index (χ0) is 19.8. The summed E-state index contributed by atoms with van der Waals surface area (Å²) in [5, 5.41) is 6.01. The van der Waals surface area contributed by atoms with Gasteiger partial charge in [0.05, 0.1) is 29.6 Å². The van der Waals surface area contributed by atoms with E-state index in [-0.39, 0.29) is 11.9 Å². The molecule has 142 valence electrons. The Labute approximate surface area is 162 Å². The van der Waals surface area contributed by atoms with Crippen molar-refractivity contribution in [2.75, 3.05) is 11.9 Å². The molecule has 7 heteroatoms. The van der Waals surface area contributed by atoms with E-state index in [1.54, 1.807) is 55.8 Å². The van der Waals surface area contributed by atoms with Crippen LogP contribution in [0.5, 0.6) is 0 Å². The third-order valence-electron chi connectivity index (χ3n) is 3.86. The van der Waals surface area contributed by atoms with Crippen molar-refractivity contribution in [1.82, 2.24) is 15.3 Å². The molecule has 0 aliphatic rings. The lowest BCUT2D eigenvalue weighted by Crippen LogP contribution is -2.23. The average Bonchev–Trinajstić information content (AvgIpc) is 2.73. The highest BCUT2D eigenvalue weighted by molar-refractivity contribution is 5.95. The van der Waals surface area contributed by atoms with Gasteiger partial charge in [-0.3, -0.25) is 14.8 Å². The maximum atomic E-state index is 12.4. The van der Waals surface area contributed by atoms with Gasteiger partial charge in [-0.1, -0.05) is 6.07 Å². The van der Waals surface area contributed by atoms with Crippen molar-refractivity contribution >= 4 is 23.3 Å². The van der Waals surface area contributed by atoms with Gasteiger partial charge in [0.25, 0.3) is 5.91 Å². The lowest BCUT2D eigenvalue weighted by molar-refractivity contribution is 0.0526. The summed E-state index contributed by atoms with van der Waals surface area (Å²) in [5.41, 5.74) is 3.27. The van der Waals surface area contributed by atoms with Crippen LogP contribution in [0.3, 0.4) is 0 Å². The molecule has 0 aliphatic heterocycles. The van der Waals surface area contributed by atoms with Gasteiger partial charge in [0.2, 0.25) is 0 Å². The molecular formula is C21H20N4O3. The molecular weight excluding hydrogens is 356 g/mol. The van der Waals surface area contributed by atoms with Crippen molar-refractivity contribution in [1.29, 1.82) is 0 Å². The number of aromatic nitrogens is 2. The molecule has 2 N–H and O–H groups in total. The summed E-state index contributed by atoms with van der Waals surface area (Å²) < 4.78 is 4.97. The first-order valence-electron chi connectivity index (χ1n) is 8.82. The number of carbonyl (C=O) groups is 2. The average molecular weight is 376 g/mol. The van der Waals surface area contributed by atoms with Crippen molar-refractivity contribution in [3.63, 3.8) is 0 Å². The number of nitrogens with one attached hydrogen (secondary N) is 2. The van der Waals surface area contributed by atoms with Gasteiger partial charge < -0.3 is 15.4 Å². The van der Waals surface area contributed by atoms with E-state index < -0.39 is 0 Å². The number of hydrogen-bond donors (Lipinski definition) is 2. The molecule has 0 saturated carbocycles. The van der Waals surface area contributed by atoms with Crippen LogP contribution in [0.25, 0.3) is 0 Å². The Morgan fingerprint density at radius 3 is 2.50 bits per heavy atom. The molecule has 0 aliphatic carbocycles. The highest BCUT2D eigenvalue weighted by Crippen LogP contribution is 2.18. The second-order valence-corrected chi connectivity index (χ2v) is 5.93. The van der Waals surface area contributed by atoms with Gasteiger partial charge in [-0.2, -0.15) is 0 Å². The van der Waals surface area contributed by atoms with Gasteiger partial charge in [-0.15, -0.1) is 0 Å². The number of nitrogens with zero attached hydrogens (tertiary/aromatic N) is 2. The van der Waals surface area contributed by atoms with Gasteiger partial charge in [0, 0.05) is 30.8 Å². The minimum atomic E-state index is -0.358. The predicted octanol–water partition coefficient (Wildman–Crippen LogP) is 3.33. The van der Waals surface area contributed by atoms with Gasteiger partial charge in [0.15, 0.2) is 0 Å². The lowest BCUT2D eigenvalue weighted by atomic mass is 10.2. The number of rotatable bonds is 7. The number of hydrogen-bond acceptors (Lipinski definition) is 6. The van der Waals surface area contributed by atoms with Crippen molar-refractivity contribution in [3.8, 4) is 0 Å². The molecule has 0 saturated heterocycles. The SMILES string of the molecule is CCOC(=O)c1ccc(Nc2cncc(C(=O)NCc3cccnc3)c2)cc1. The minimum absolute atomic E-state index is 0.224. The minimum Gasteiger partial charge on any atom is -0.462 e. The molecule has 7 nitrogen and oxygen atoms in total. The Hall–Kier alpha value is -3.74. The van der Waals surface area contributed by atoms with Gasteiger partial charge in [-0.25, -0.2) is 4.79 Å². The normalized spacial score (nSPS) is 10.2. The number of amides is 1. The van der Waals surface area contributed by atoms with Crippen LogP contribution in [0.4, 0.5) is 11.4 Å². The Balaban J connectivity index is 1.62. The second-order valence-electron chi connectivity index (χ2n) is 5.93. The van der Waals surface area contributed by atoms with Crippen LogP contribution in [0, 0.1) is 0 Å². The van der Waals surface area contributed by atoms with E-state index in [2.05, 4.69) is 20.6 Å². The molecule has 2 aromatic heterocycles. The van der Waals surface area contributed by atoms with Crippen LogP contribution in [0.15, 0.2) is 67.3 Å². The molecule has 0 fully saturated rings. The summed E-state index contributed by atoms with van der Waals surface area (Å²) in [5.74, 6) is -0.583. The summed E-state index contributed by atoms with van der Waals surface area (Å²) >= 11 is 0. The van der Waals surface area contributed by atoms with E-state index in [1.807, 2.05) is 12.1 Å². The van der Waals surface area contributed by atoms with Crippen molar-refractivity contribution in [2.24, 2.45) is 0 Å². The Bertz CT molecular complexity index is 943. The molecule has 1 amide bonds. The first-order valence-corrected chi connectivity index (χ1v) is 8.82. The largest absolute Gasteiger partial charge is 0.462 e. The van der Waals surface area contributed by atoms with E-state index in [0.717, 1.165) is 11.3 Å². The van der Waals surface area contributed by atoms with E-state index in [9.17, 15) is 9.59 Å². The molecule has 28 heavy (non-hydrogen) atoms. The van der Waals surface area contributed by atoms with Crippen molar-refractivity contribution in [2.45, 2.75) is 13.5 Å². The van der Waals surface area contributed by atoms with E-state index in [4.69, 9.17) is 4.74 Å². The molecule has 1 aromatic carbocycles. The number of anilines is 2. The second kappa shape index (κ2) is 9.27. The standard InChI is InChI=1S/C21H20N4O3/c1-2-28-21(27)16-5-7-18(8-6-16)25-19-10-17(13-23-14-19)20(26)24-12-15-4-3-9-22-11-15/h3-11,13-14,25H,2,12H2,1H3,(H,24,26). The summed E-state index contributed by atoms with van der Waals surface area (Å²) in [6.45, 7) is 2.49. The van der Waals surface area contributed by atoms with E-state index in [0.29, 0.717) is 30.0 Å². The Morgan fingerprint density at radius 1 is 0.964 bits per heavy atom. The summed E-state index contributed by atoms with van der Waals surface area (Å²) in [7, 11) is 0. The molecule has 3 rings (SSSR count). The van der Waals surface area contributed by atoms with Crippen molar-refractivity contribution < 1.29 is 14.3 Å². The van der Waals surface area contributed by atoms with Crippen molar-refractivity contribution in [3.05, 3.63) is 83.9 Å². The Morgan fingerprint density at radius 2 is 1.79 bits per heavy atom. The summed E-state index contributed by atoms with van der Waals surface area (Å²) in [6.07, 6.45) is 6.52. The Kier molecular flexibility index (Phi) is 6.30. The van der Waals surface area contributed by atoms with Crippen LogP contribution in [0.2, 0.25) is 0 Å². The molecule has 0 atom stereocenters. The van der Waals surface area contributed by atoms with Gasteiger partial charge >= 0.3 is 5.97 Å². The summed E-state index contributed by atoms with van der Waals surface area (Å²) in [6, 6.07) is 12.3. The number of carbonyl (C=O) groups excluding carboxylic acids is 2. The smallest absolute Gasteiger partial charge is 0.338 e. The van der Waals surface area contributed by atoms with Crippen LogP contribution < -0.4 is 10.6 Å². The predicted molar refractivity (Wildman–Crippen MR) is 105 cm³/mol. The fourth-order valence-electron chi connectivity index (χ4n) is 2.49. The molecule has 0 radical (unpaired) electrons. The highest BCUT2D eigenvalue weighted by atomic mass is 16.5. The van der Waals surface area contributed by atoms with E-state index in [1.165, 1.54) is 6.20 Å². The fourth-order valence-corrected chi connectivity index (χ4v) is 2.49. The molecule has 3 aromatic rings. The molecule has 2 heterocycles. The van der Waals surface area contributed by atoms with Gasteiger partial charge in [0.1, 0.15) is 0 Å². The number of pyridine rings is 2. The van der Waals surface area contributed by atoms with Crippen LogP contribution >= 0.6 is 0 Å². The number of ether oxygens (including phenoxy) is 1. The van der Waals surface area contributed by atoms with Gasteiger partial charge in [-0.05, 0) is 48.9 Å². The topological polar surface area (TPSA) is 93.2 Å². The first-order chi connectivity index (χ1) is 13.7. The van der Waals surface area contributed by atoms with Crippen LogP contribution in [-0.2, 0) is 11.3 Å². The maximum absolute atomic E-state index is 12.4. The summed E-state index contributed by atoms with van der Waals surface area (Å²) in [4.78, 5) is 32.2. The van der Waals surface area contributed by atoms with Crippen LogP contribution in [-0.4, -0.2) is 28.5 Å². The molecule has 0 spiro atoms. The van der Waals surface area contributed by atoms with E-state index >= 15 is 0 Å². The maximum Gasteiger partial charge on any atom is 0.338 e. The number of benzene rings is 1. The third kappa shape index (κ3) is 5.14. The fraction of sp³-hybridized carbons (Fsp3) is 0.143. The van der Waals surface area contributed by atoms with Crippen LogP contribution in [0.1, 0.15) is 33.2 Å². The number of esters is 1. The zero-order valence-corrected chi connectivity index (χ0v) is 15.4. The quantitative estimate of drug-likeness (QED) is 0.615. The lowest BCUT2D eigenvalue weighted by Gasteiger charge is -2.09. The monoisotopic (exact) mass is 376 g/mol. The molecule has 0 bridgehead atoms. The zero-order valence-electron chi connectivity index (χ0n) is 15.4. The first kappa shape index (κ1) is 19.0.